The largest absolute Gasteiger partial charge is 0.463 e. The van der Waals surface area contributed by atoms with E-state index in [1.54, 1.807) is 38.1 Å². The summed E-state index contributed by atoms with van der Waals surface area (Å²) in [6.07, 6.45) is 2.20. The van der Waals surface area contributed by atoms with Crippen LogP contribution >= 0.6 is 0 Å². The summed E-state index contributed by atoms with van der Waals surface area (Å²) in [6, 6.07) is 8.82. The van der Waals surface area contributed by atoms with Gasteiger partial charge in [0.05, 0.1) is 18.0 Å². The second kappa shape index (κ2) is 8.52. The topological polar surface area (TPSA) is 104 Å². The summed E-state index contributed by atoms with van der Waals surface area (Å²) in [4.78, 5) is 11.4. The fourth-order valence-corrected chi connectivity index (χ4v) is 3.47. The standard InChI is InChI=1S/C16H20N4O4S/c1-3-24-15(21)12-13(2)8-7-11-25(22,23)16-17-18-19-20(16)14-9-5-4-6-10-14/h4-6,9-10,12H,3,7-8,11H2,1-2H3/b13-12+. The summed E-state index contributed by atoms with van der Waals surface area (Å²) in [5, 5.41) is 10.7. The van der Waals surface area contributed by atoms with Crippen molar-refractivity contribution >= 4 is 15.8 Å². The Morgan fingerprint density at radius 1 is 1.28 bits per heavy atom. The maximum atomic E-state index is 12.5. The van der Waals surface area contributed by atoms with Crippen LogP contribution in [0.2, 0.25) is 0 Å². The lowest BCUT2D eigenvalue weighted by molar-refractivity contribution is -0.137. The van der Waals surface area contributed by atoms with E-state index < -0.39 is 15.8 Å². The van der Waals surface area contributed by atoms with Crippen LogP contribution in [0.1, 0.15) is 26.7 Å². The van der Waals surface area contributed by atoms with Crippen LogP contribution in [0.15, 0.2) is 47.1 Å². The Labute approximate surface area is 146 Å². The first-order valence-electron chi connectivity index (χ1n) is 7.84. The number of esters is 1. The van der Waals surface area contributed by atoms with E-state index in [9.17, 15) is 13.2 Å². The van der Waals surface area contributed by atoms with Crippen LogP contribution in [-0.4, -0.2) is 47.0 Å². The molecule has 134 valence electrons. The summed E-state index contributed by atoms with van der Waals surface area (Å²) in [6.45, 7) is 3.79. The highest BCUT2D eigenvalue weighted by Gasteiger charge is 2.23. The molecule has 0 aliphatic rings. The second-order valence-electron chi connectivity index (χ2n) is 5.37. The second-order valence-corrected chi connectivity index (χ2v) is 7.38. The van der Waals surface area contributed by atoms with Crippen molar-refractivity contribution in [2.75, 3.05) is 12.4 Å². The van der Waals surface area contributed by atoms with Crippen molar-refractivity contribution in [3.8, 4) is 5.69 Å². The molecule has 9 heteroatoms. The Morgan fingerprint density at radius 3 is 2.68 bits per heavy atom. The minimum Gasteiger partial charge on any atom is -0.463 e. The molecule has 1 aromatic heterocycles. The van der Waals surface area contributed by atoms with Gasteiger partial charge in [0, 0.05) is 6.08 Å². The highest BCUT2D eigenvalue weighted by atomic mass is 32.2. The lowest BCUT2D eigenvalue weighted by Gasteiger charge is -2.06. The summed E-state index contributed by atoms with van der Waals surface area (Å²) in [5.74, 6) is -0.537. The van der Waals surface area contributed by atoms with E-state index in [1.165, 1.54) is 10.8 Å². The number of carbonyl (C=O) groups excluding carboxylic acids is 1. The molecule has 0 saturated carbocycles. The van der Waals surface area contributed by atoms with Gasteiger partial charge in [0.2, 0.25) is 9.84 Å². The summed E-state index contributed by atoms with van der Waals surface area (Å²) >= 11 is 0. The van der Waals surface area contributed by atoms with Crippen molar-refractivity contribution in [2.24, 2.45) is 0 Å². The molecule has 0 N–H and O–H groups in total. The molecular formula is C16H20N4O4S. The molecule has 0 aliphatic heterocycles. The summed E-state index contributed by atoms with van der Waals surface area (Å²) < 4.78 is 31.1. The van der Waals surface area contributed by atoms with Crippen LogP contribution in [0, 0.1) is 0 Å². The maximum Gasteiger partial charge on any atom is 0.330 e. The van der Waals surface area contributed by atoms with E-state index in [0.717, 1.165) is 5.57 Å². The zero-order valence-electron chi connectivity index (χ0n) is 14.1. The summed E-state index contributed by atoms with van der Waals surface area (Å²) in [7, 11) is -3.65. The highest BCUT2D eigenvalue weighted by molar-refractivity contribution is 7.91. The van der Waals surface area contributed by atoms with Gasteiger partial charge in [-0.25, -0.2) is 13.2 Å². The molecule has 0 amide bonds. The average Bonchev–Trinajstić information content (AvgIpc) is 3.06. The van der Waals surface area contributed by atoms with Crippen LogP contribution < -0.4 is 0 Å². The quantitative estimate of drug-likeness (QED) is 0.519. The van der Waals surface area contributed by atoms with E-state index >= 15 is 0 Å². The van der Waals surface area contributed by atoms with E-state index in [2.05, 4.69) is 15.5 Å². The SMILES string of the molecule is CCOC(=O)/C=C(\C)CCCS(=O)(=O)c1nnnn1-c1ccccc1. The first kappa shape index (κ1) is 18.8. The Bertz CT molecular complexity index is 844. The molecule has 0 fully saturated rings. The number of carbonyl (C=O) groups is 1. The van der Waals surface area contributed by atoms with Crippen molar-refractivity contribution in [3.05, 3.63) is 42.0 Å². The smallest absolute Gasteiger partial charge is 0.330 e. The lowest BCUT2D eigenvalue weighted by atomic mass is 10.2. The molecule has 0 bridgehead atoms. The monoisotopic (exact) mass is 364 g/mol. The molecule has 0 spiro atoms. The van der Waals surface area contributed by atoms with Crippen LogP contribution in [0.5, 0.6) is 0 Å². The normalized spacial score (nSPS) is 12.2. The van der Waals surface area contributed by atoms with Gasteiger partial charge in [-0.05, 0) is 49.2 Å². The maximum absolute atomic E-state index is 12.5. The van der Waals surface area contributed by atoms with Crippen molar-refractivity contribution in [1.82, 2.24) is 20.2 Å². The fraction of sp³-hybridized carbons (Fsp3) is 0.375. The first-order chi connectivity index (χ1) is 11.9. The van der Waals surface area contributed by atoms with Crippen LogP contribution in [0.3, 0.4) is 0 Å². The zero-order valence-corrected chi connectivity index (χ0v) is 14.9. The molecule has 1 aromatic carbocycles. The third-order valence-electron chi connectivity index (χ3n) is 3.35. The lowest BCUT2D eigenvalue weighted by Crippen LogP contribution is -2.14. The number of para-hydroxylation sites is 1. The van der Waals surface area contributed by atoms with Gasteiger partial charge in [-0.3, -0.25) is 0 Å². The van der Waals surface area contributed by atoms with E-state index in [1.807, 2.05) is 6.07 Å². The number of nitrogens with zero attached hydrogens (tertiary/aromatic N) is 4. The number of rotatable bonds is 8. The molecule has 0 saturated heterocycles. The van der Waals surface area contributed by atoms with Crippen molar-refractivity contribution < 1.29 is 17.9 Å². The fourth-order valence-electron chi connectivity index (χ4n) is 2.19. The number of sulfone groups is 1. The van der Waals surface area contributed by atoms with Crippen LogP contribution in [0.25, 0.3) is 5.69 Å². The third kappa shape index (κ3) is 5.21. The van der Waals surface area contributed by atoms with Gasteiger partial charge in [0.1, 0.15) is 0 Å². The van der Waals surface area contributed by atoms with Crippen LogP contribution in [0.4, 0.5) is 0 Å². The van der Waals surface area contributed by atoms with Gasteiger partial charge in [0.15, 0.2) is 0 Å². The number of hydrogen-bond acceptors (Lipinski definition) is 7. The van der Waals surface area contributed by atoms with Gasteiger partial charge in [-0.2, -0.15) is 4.68 Å². The number of hydrogen-bond donors (Lipinski definition) is 0. The molecule has 0 atom stereocenters. The molecule has 2 aromatic rings. The van der Waals surface area contributed by atoms with Gasteiger partial charge in [-0.15, -0.1) is 0 Å². The molecule has 25 heavy (non-hydrogen) atoms. The molecule has 2 rings (SSSR count). The number of allylic oxidation sites excluding steroid dienone is 1. The van der Waals surface area contributed by atoms with Gasteiger partial charge in [-0.1, -0.05) is 28.9 Å². The predicted molar refractivity (Wildman–Crippen MR) is 90.8 cm³/mol. The molecule has 0 aliphatic carbocycles. The molecule has 8 nitrogen and oxygen atoms in total. The number of tetrazole rings is 1. The molecule has 0 unspecified atom stereocenters. The van der Waals surface area contributed by atoms with Gasteiger partial charge < -0.3 is 4.74 Å². The molecule has 1 heterocycles. The zero-order chi connectivity index (χ0) is 18.3. The van der Waals surface area contributed by atoms with Crippen LogP contribution in [-0.2, 0) is 19.4 Å². The highest BCUT2D eigenvalue weighted by Crippen LogP contribution is 2.15. The summed E-state index contributed by atoms with van der Waals surface area (Å²) in [5.41, 5.74) is 1.33. The number of ether oxygens (including phenoxy) is 1. The van der Waals surface area contributed by atoms with E-state index in [4.69, 9.17) is 4.74 Å². The van der Waals surface area contributed by atoms with E-state index in [-0.39, 0.29) is 10.9 Å². The van der Waals surface area contributed by atoms with Gasteiger partial charge >= 0.3 is 5.97 Å². The van der Waals surface area contributed by atoms with E-state index in [0.29, 0.717) is 25.1 Å². The molecular weight excluding hydrogens is 344 g/mol. The number of aromatic nitrogens is 4. The minimum absolute atomic E-state index is 0.117. The van der Waals surface area contributed by atoms with Gasteiger partial charge in [0.25, 0.3) is 5.16 Å². The number of benzene rings is 1. The Balaban J connectivity index is 2.04. The van der Waals surface area contributed by atoms with Crippen molar-refractivity contribution in [2.45, 2.75) is 31.8 Å². The Morgan fingerprint density at radius 2 is 2.00 bits per heavy atom. The minimum atomic E-state index is -3.65. The third-order valence-corrected chi connectivity index (χ3v) is 4.99. The Kier molecular flexibility index (Phi) is 6.40. The van der Waals surface area contributed by atoms with Crippen molar-refractivity contribution in [1.29, 1.82) is 0 Å². The Hall–Kier alpha value is -2.55. The molecule has 0 radical (unpaired) electrons. The van der Waals surface area contributed by atoms with Crippen molar-refractivity contribution in [3.63, 3.8) is 0 Å². The predicted octanol–water partition coefficient (Wildman–Crippen LogP) is 1.73. The average molecular weight is 364 g/mol. The first-order valence-corrected chi connectivity index (χ1v) is 9.49.